The van der Waals surface area contributed by atoms with Gasteiger partial charge in [-0.25, -0.2) is 12.8 Å². The van der Waals surface area contributed by atoms with E-state index in [1.807, 2.05) is 19.1 Å². The first-order chi connectivity index (χ1) is 11.3. The summed E-state index contributed by atoms with van der Waals surface area (Å²) in [4.78, 5) is 0. The van der Waals surface area contributed by atoms with Gasteiger partial charge in [0, 0.05) is 18.3 Å². The Balaban J connectivity index is 2.07. The summed E-state index contributed by atoms with van der Waals surface area (Å²) in [6.07, 6.45) is 9.27. The monoisotopic (exact) mass is 347 g/mol. The van der Waals surface area contributed by atoms with Crippen molar-refractivity contribution in [2.75, 3.05) is 6.54 Å². The van der Waals surface area contributed by atoms with Gasteiger partial charge in [0.05, 0.1) is 0 Å². The van der Waals surface area contributed by atoms with Crippen molar-refractivity contribution < 1.29 is 12.8 Å². The molecule has 0 saturated carbocycles. The summed E-state index contributed by atoms with van der Waals surface area (Å²) in [5.74, 6) is -0.340. The number of allylic oxidation sites excluding steroid dienone is 4. The van der Waals surface area contributed by atoms with E-state index in [-0.39, 0.29) is 5.82 Å². The van der Waals surface area contributed by atoms with E-state index in [0.717, 1.165) is 18.4 Å². The van der Waals surface area contributed by atoms with Crippen LogP contribution in [0.5, 0.6) is 0 Å². The Bertz CT molecular complexity index is 839. The maximum atomic E-state index is 14.2. The molecule has 1 aliphatic carbocycles. The molecule has 1 aromatic carbocycles. The van der Waals surface area contributed by atoms with E-state index in [1.54, 1.807) is 37.4 Å². The van der Waals surface area contributed by atoms with E-state index in [9.17, 15) is 12.8 Å². The molecule has 24 heavy (non-hydrogen) atoms. The molecule has 0 amide bonds. The molecule has 5 heteroatoms. The molecule has 0 saturated heterocycles. The van der Waals surface area contributed by atoms with Crippen LogP contribution in [0.2, 0.25) is 0 Å². The van der Waals surface area contributed by atoms with Crippen molar-refractivity contribution in [2.45, 2.75) is 37.9 Å². The molecule has 0 aromatic heterocycles. The summed E-state index contributed by atoms with van der Waals surface area (Å²) in [6, 6.07) is 6.47. The average Bonchev–Trinajstić information content (AvgIpc) is 2.55. The van der Waals surface area contributed by atoms with Crippen LogP contribution < -0.4 is 0 Å². The highest BCUT2D eigenvalue weighted by atomic mass is 32.2. The number of sulfonamides is 1. The van der Waals surface area contributed by atoms with Crippen LogP contribution in [0.25, 0.3) is 5.57 Å². The first kappa shape index (κ1) is 17.0. The highest BCUT2D eigenvalue weighted by molar-refractivity contribution is 7.90. The molecule has 0 N–H and O–H groups in total. The van der Waals surface area contributed by atoms with Gasteiger partial charge in [-0.3, -0.25) is 4.31 Å². The van der Waals surface area contributed by atoms with Crippen molar-refractivity contribution >= 4 is 15.6 Å². The summed E-state index contributed by atoms with van der Waals surface area (Å²) >= 11 is 0. The lowest BCUT2D eigenvalue weighted by atomic mass is 9.88. The predicted molar refractivity (Wildman–Crippen MR) is 95.2 cm³/mol. The van der Waals surface area contributed by atoms with E-state index in [2.05, 4.69) is 0 Å². The fraction of sp³-hybridized carbons (Fsp3) is 0.368. The zero-order valence-corrected chi connectivity index (χ0v) is 14.8. The molecule has 0 radical (unpaired) electrons. The maximum absolute atomic E-state index is 14.2. The number of halogens is 1. The number of hydrogen-bond donors (Lipinski definition) is 0. The molecule has 0 bridgehead atoms. The van der Waals surface area contributed by atoms with Gasteiger partial charge in [-0.2, -0.15) is 0 Å². The van der Waals surface area contributed by atoms with Gasteiger partial charge < -0.3 is 0 Å². The fourth-order valence-electron chi connectivity index (χ4n) is 3.41. The van der Waals surface area contributed by atoms with Gasteiger partial charge in [0.1, 0.15) is 10.6 Å². The van der Waals surface area contributed by atoms with Gasteiger partial charge in [-0.05, 0) is 44.7 Å². The van der Waals surface area contributed by atoms with Gasteiger partial charge >= 0.3 is 0 Å². The van der Waals surface area contributed by atoms with E-state index in [4.69, 9.17) is 0 Å². The van der Waals surface area contributed by atoms with Crippen molar-refractivity contribution in [1.82, 2.24) is 4.31 Å². The number of benzene rings is 1. The van der Waals surface area contributed by atoms with Gasteiger partial charge in [0.25, 0.3) is 0 Å². The first-order valence-corrected chi connectivity index (χ1v) is 9.60. The standard InChI is InChI=1S/C19H22FNO2S/c1-15-12-16(17-8-4-5-9-18(17)20)14-19(2,13-15)24(22,23)21-10-6-3-7-11-21/h4-6,8-10,12,14H,3,7,11,13H2,1-2H3. The van der Waals surface area contributed by atoms with Crippen LogP contribution in [0.1, 0.15) is 38.7 Å². The minimum atomic E-state index is -3.56. The largest absolute Gasteiger partial charge is 0.277 e. The van der Waals surface area contributed by atoms with Crippen molar-refractivity contribution in [3.8, 4) is 0 Å². The molecule has 1 aliphatic heterocycles. The second kappa shape index (κ2) is 6.20. The Labute approximate surface area is 143 Å². The van der Waals surface area contributed by atoms with Crippen LogP contribution in [-0.2, 0) is 10.0 Å². The van der Waals surface area contributed by atoms with E-state index in [1.165, 1.54) is 10.4 Å². The summed E-state index contributed by atoms with van der Waals surface area (Å²) in [7, 11) is -3.56. The minimum absolute atomic E-state index is 0.340. The van der Waals surface area contributed by atoms with Crippen LogP contribution >= 0.6 is 0 Å². The van der Waals surface area contributed by atoms with Crippen LogP contribution in [0.3, 0.4) is 0 Å². The molecule has 2 aliphatic rings. The summed E-state index contributed by atoms with van der Waals surface area (Å²) < 4.78 is 40.9. The second-order valence-corrected chi connectivity index (χ2v) is 9.05. The molecule has 0 fully saturated rings. The van der Waals surface area contributed by atoms with Gasteiger partial charge in [0.2, 0.25) is 10.0 Å². The third-order valence-corrected chi connectivity index (χ3v) is 6.96. The highest BCUT2D eigenvalue weighted by Gasteiger charge is 2.42. The van der Waals surface area contributed by atoms with Gasteiger partial charge in [-0.15, -0.1) is 0 Å². The van der Waals surface area contributed by atoms with Crippen molar-refractivity contribution in [1.29, 1.82) is 0 Å². The topological polar surface area (TPSA) is 37.4 Å². The summed E-state index contributed by atoms with van der Waals surface area (Å²) in [5, 5.41) is 0. The molecule has 3 nitrogen and oxygen atoms in total. The Hall–Kier alpha value is -1.88. The summed E-state index contributed by atoms with van der Waals surface area (Å²) in [5.41, 5.74) is 2.00. The zero-order valence-electron chi connectivity index (χ0n) is 14.0. The van der Waals surface area contributed by atoms with E-state index < -0.39 is 14.8 Å². The molecule has 1 heterocycles. The van der Waals surface area contributed by atoms with E-state index in [0.29, 0.717) is 24.1 Å². The minimum Gasteiger partial charge on any atom is -0.277 e. The predicted octanol–water partition coefficient (Wildman–Crippen LogP) is 4.26. The average molecular weight is 347 g/mol. The highest BCUT2D eigenvalue weighted by Crippen LogP contribution is 2.39. The van der Waals surface area contributed by atoms with Crippen LogP contribution in [-0.4, -0.2) is 24.0 Å². The SMILES string of the molecule is CC1=CC(c2ccccc2F)=CC(C)(S(=O)(=O)N2C=CCCC2)C1. The van der Waals surface area contributed by atoms with Crippen LogP contribution in [0.4, 0.5) is 4.39 Å². The van der Waals surface area contributed by atoms with Crippen LogP contribution in [0, 0.1) is 5.82 Å². The molecular formula is C19H22FNO2S. The van der Waals surface area contributed by atoms with Gasteiger partial charge in [-0.1, -0.05) is 42.0 Å². The first-order valence-electron chi connectivity index (χ1n) is 8.16. The maximum Gasteiger partial charge on any atom is 0.244 e. The lowest BCUT2D eigenvalue weighted by Crippen LogP contribution is -2.45. The Kier molecular flexibility index (Phi) is 4.38. The number of rotatable bonds is 3. The molecule has 0 spiro atoms. The third kappa shape index (κ3) is 2.93. The number of hydrogen-bond acceptors (Lipinski definition) is 2. The Morgan fingerprint density at radius 2 is 2.00 bits per heavy atom. The second-order valence-electron chi connectivity index (χ2n) is 6.70. The van der Waals surface area contributed by atoms with Crippen molar-refractivity contribution in [2.24, 2.45) is 0 Å². The Morgan fingerprint density at radius 3 is 2.67 bits per heavy atom. The van der Waals surface area contributed by atoms with E-state index >= 15 is 0 Å². The molecule has 3 rings (SSSR count). The van der Waals surface area contributed by atoms with Crippen LogP contribution in [0.15, 0.2) is 54.3 Å². The van der Waals surface area contributed by atoms with Gasteiger partial charge in [0.15, 0.2) is 0 Å². The number of nitrogens with zero attached hydrogens (tertiary/aromatic N) is 1. The quantitative estimate of drug-likeness (QED) is 0.819. The third-order valence-electron chi connectivity index (χ3n) is 4.60. The van der Waals surface area contributed by atoms with Crippen molar-refractivity contribution in [3.05, 3.63) is 65.6 Å². The molecule has 1 atom stereocenters. The lowest BCUT2D eigenvalue weighted by Gasteiger charge is -2.36. The lowest BCUT2D eigenvalue weighted by molar-refractivity contribution is 0.453. The van der Waals surface area contributed by atoms with Crippen molar-refractivity contribution in [3.63, 3.8) is 0 Å². The Morgan fingerprint density at radius 1 is 1.25 bits per heavy atom. The smallest absolute Gasteiger partial charge is 0.244 e. The molecule has 128 valence electrons. The molecule has 1 aromatic rings. The molecular weight excluding hydrogens is 325 g/mol. The molecule has 1 unspecified atom stereocenters. The fourth-order valence-corrected chi connectivity index (χ4v) is 5.25. The summed E-state index contributed by atoms with van der Waals surface area (Å²) in [6.45, 7) is 4.12. The zero-order chi connectivity index (χ0) is 17.4. The normalized spacial score (nSPS) is 24.5.